The van der Waals surface area contributed by atoms with E-state index in [2.05, 4.69) is 69.3 Å². The number of Topliss-reactive ketones (excluding diaryl/α,β-unsaturated/α-hetero) is 1. The zero-order chi connectivity index (χ0) is 20.5. The molecule has 0 amide bonds. The Morgan fingerprint density at radius 3 is 1.86 bits per heavy atom. The predicted molar refractivity (Wildman–Crippen MR) is 116 cm³/mol. The van der Waals surface area contributed by atoms with Crippen molar-refractivity contribution in [1.29, 1.82) is 0 Å². The summed E-state index contributed by atoms with van der Waals surface area (Å²) in [5.74, 6) is 0.184. The summed E-state index contributed by atoms with van der Waals surface area (Å²) >= 11 is 0. The third kappa shape index (κ3) is 3.84. The molecule has 2 atom stereocenters. The lowest BCUT2D eigenvalue weighted by Crippen LogP contribution is -2.68. The van der Waals surface area contributed by atoms with E-state index in [-0.39, 0.29) is 29.1 Å². The van der Waals surface area contributed by atoms with E-state index in [9.17, 15) is 4.79 Å². The molecule has 0 spiro atoms. The van der Waals surface area contributed by atoms with Crippen LogP contribution in [0.4, 0.5) is 0 Å². The van der Waals surface area contributed by atoms with Gasteiger partial charge in [0.15, 0.2) is 6.29 Å². The van der Waals surface area contributed by atoms with Gasteiger partial charge in [-0.1, -0.05) is 81.4 Å². The maximum Gasteiger partial charge on any atom is 0.261 e. The van der Waals surface area contributed by atoms with Crippen LogP contribution in [0.25, 0.3) is 0 Å². The molecule has 29 heavy (non-hydrogen) atoms. The molecule has 0 aromatic heterocycles. The first-order chi connectivity index (χ1) is 13.9. The molecule has 0 unspecified atom stereocenters. The molecule has 5 heteroatoms. The molecular weight excluding hydrogens is 380 g/mol. The molecule has 1 saturated heterocycles. The summed E-state index contributed by atoms with van der Waals surface area (Å²) in [6.07, 6.45) is 0.355. The monoisotopic (exact) mass is 410 g/mol. The fraction of sp³-hybridized carbons (Fsp3) is 0.458. The van der Waals surface area contributed by atoms with Crippen molar-refractivity contribution in [3.8, 4) is 0 Å². The second-order valence-corrected chi connectivity index (χ2v) is 13.3. The van der Waals surface area contributed by atoms with Crippen LogP contribution in [0.2, 0.25) is 5.04 Å². The van der Waals surface area contributed by atoms with Crippen LogP contribution in [0, 0.1) is 5.92 Å². The minimum Gasteiger partial charge on any atom is -0.404 e. The first-order valence-corrected chi connectivity index (χ1v) is 12.4. The lowest BCUT2D eigenvalue weighted by molar-refractivity contribution is -0.120. The number of hydrogen-bond acceptors (Lipinski definition) is 4. The summed E-state index contributed by atoms with van der Waals surface area (Å²) in [4.78, 5) is 12.5. The second kappa shape index (κ2) is 8.15. The van der Waals surface area contributed by atoms with E-state index >= 15 is 0 Å². The number of hydrogen-bond donors (Lipinski definition) is 0. The summed E-state index contributed by atoms with van der Waals surface area (Å²) in [5, 5.41) is 2.33. The molecule has 4 rings (SSSR count). The molecule has 154 valence electrons. The van der Waals surface area contributed by atoms with Gasteiger partial charge in [-0.25, -0.2) is 0 Å². The summed E-state index contributed by atoms with van der Waals surface area (Å²) in [6, 6.07) is 21.1. The maximum absolute atomic E-state index is 12.5. The van der Waals surface area contributed by atoms with Crippen LogP contribution in [-0.2, 0) is 18.7 Å². The molecule has 2 aromatic carbocycles. The highest BCUT2D eigenvalue weighted by molar-refractivity contribution is 6.99. The van der Waals surface area contributed by atoms with Crippen molar-refractivity contribution >= 4 is 24.5 Å². The third-order valence-corrected chi connectivity index (χ3v) is 11.2. The zero-order valence-electron chi connectivity index (χ0n) is 17.5. The van der Waals surface area contributed by atoms with E-state index in [0.717, 1.165) is 0 Å². The minimum absolute atomic E-state index is 0.0494. The molecule has 2 aromatic rings. The van der Waals surface area contributed by atoms with Crippen molar-refractivity contribution in [3.05, 3.63) is 60.7 Å². The van der Waals surface area contributed by atoms with Crippen LogP contribution < -0.4 is 10.4 Å². The number of benzene rings is 2. The highest BCUT2D eigenvalue weighted by Crippen LogP contribution is 2.41. The highest BCUT2D eigenvalue weighted by Gasteiger charge is 2.54. The van der Waals surface area contributed by atoms with Gasteiger partial charge >= 0.3 is 0 Å². The number of carbonyl (C=O) groups is 1. The topological polar surface area (TPSA) is 44.8 Å². The summed E-state index contributed by atoms with van der Waals surface area (Å²) < 4.78 is 18.8. The van der Waals surface area contributed by atoms with E-state index in [1.54, 1.807) is 0 Å². The lowest BCUT2D eigenvalue weighted by atomic mass is 10.1. The molecule has 0 N–H and O–H groups in total. The molecular formula is C24H30O4Si. The van der Waals surface area contributed by atoms with Gasteiger partial charge in [-0.15, -0.1) is 0 Å². The Hall–Kier alpha value is -1.79. The fourth-order valence-corrected chi connectivity index (χ4v) is 9.52. The molecule has 2 fully saturated rings. The molecule has 1 saturated carbocycles. The molecule has 1 aliphatic heterocycles. The van der Waals surface area contributed by atoms with E-state index < -0.39 is 8.32 Å². The second-order valence-electron chi connectivity index (χ2n) is 9.04. The van der Waals surface area contributed by atoms with E-state index in [0.29, 0.717) is 26.1 Å². The van der Waals surface area contributed by atoms with E-state index in [4.69, 9.17) is 13.9 Å². The van der Waals surface area contributed by atoms with Crippen molar-refractivity contribution in [1.82, 2.24) is 0 Å². The van der Waals surface area contributed by atoms with Crippen LogP contribution in [0.1, 0.15) is 33.6 Å². The van der Waals surface area contributed by atoms with Crippen molar-refractivity contribution in [3.63, 3.8) is 0 Å². The van der Waals surface area contributed by atoms with Gasteiger partial charge in [-0.3, -0.25) is 4.79 Å². The van der Waals surface area contributed by atoms with Gasteiger partial charge < -0.3 is 13.9 Å². The molecule has 1 aliphatic carbocycles. The summed E-state index contributed by atoms with van der Waals surface area (Å²) in [6.45, 7) is 7.94. The zero-order valence-corrected chi connectivity index (χ0v) is 18.5. The van der Waals surface area contributed by atoms with Gasteiger partial charge in [0.25, 0.3) is 8.32 Å². The van der Waals surface area contributed by atoms with E-state index in [1.165, 1.54) is 10.4 Å². The first kappa shape index (κ1) is 20.5. The Balaban J connectivity index is 1.81. The standard InChI is InChI=1S/C24H30O4Si/c1-24(2,3)29(19-10-6-4-7-11-19,20-12-8-5-9-13-20)28-22-17-18(25)16-21(22)23-26-14-15-27-23/h4-13,21-23H,14-17H2,1-3H3/t21-,22-/m1/s1. The Kier molecular flexibility index (Phi) is 5.75. The average Bonchev–Trinajstić information content (AvgIpc) is 3.36. The number of ketones is 1. The molecule has 0 bridgehead atoms. The molecule has 1 heterocycles. The quantitative estimate of drug-likeness (QED) is 0.710. The fourth-order valence-electron chi connectivity index (χ4n) is 4.80. The highest BCUT2D eigenvalue weighted by atomic mass is 28.4. The Morgan fingerprint density at radius 1 is 0.862 bits per heavy atom. The van der Waals surface area contributed by atoms with Gasteiger partial charge in [0.1, 0.15) is 5.78 Å². The maximum atomic E-state index is 12.5. The minimum atomic E-state index is -2.70. The predicted octanol–water partition coefficient (Wildman–Crippen LogP) is 3.28. The van der Waals surface area contributed by atoms with Crippen LogP contribution in [0.15, 0.2) is 60.7 Å². The van der Waals surface area contributed by atoms with Crippen LogP contribution in [-0.4, -0.2) is 39.7 Å². The van der Waals surface area contributed by atoms with Crippen LogP contribution >= 0.6 is 0 Å². The van der Waals surface area contributed by atoms with Crippen molar-refractivity contribution < 1.29 is 18.7 Å². The summed E-state index contributed by atoms with van der Waals surface area (Å²) in [7, 11) is -2.70. The normalized spacial score (nSPS) is 23.6. The Labute approximate surface area is 174 Å². The van der Waals surface area contributed by atoms with Gasteiger partial charge in [0, 0.05) is 18.8 Å². The Bertz CT molecular complexity index is 785. The van der Waals surface area contributed by atoms with Crippen LogP contribution in [0.5, 0.6) is 0 Å². The summed E-state index contributed by atoms with van der Waals surface area (Å²) in [5.41, 5.74) is 0. The SMILES string of the molecule is CC(C)(C)[Si](O[C@@H]1CC(=O)C[C@H]1C1OCCO1)(c1ccccc1)c1ccccc1. The number of carbonyl (C=O) groups excluding carboxylic acids is 1. The van der Waals surface area contributed by atoms with Gasteiger partial charge in [-0.05, 0) is 15.4 Å². The molecule has 0 radical (unpaired) electrons. The van der Waals surface area contributed by atoms with Crippen molar-refractivity contribution in [2.75, 3.05) is 13.2 Å². The van der Waals surface area contributed by atoms with Gasteiger partial charge in [0.05, 0.1) is 19.3 Å². The lowest BCUT2D eigenvalue weighted by Gasteiger charge is -2.45. The largest absolute Gasteiger partial charge is 0.404 e. The Morgan fingerprint density at radius 2 is 1.38 bits per heavy atom. The van der Waals surface area contributed by atoms with Crippen LogP contribution in [0.3, 0.4) is 0 Å². The van der Waals surface area contributed by atoms with Gasteiger partial charge in [0.2, 0.25) is 0 Å². The van der Waals surface area contributed by atoms with Gasteiger partial charge in [-0.2, -0.15) is 0 Å². The van der Waals surface area contributed by atoms with Crippen molar-refractivity contribution in [2.24, 2.45) is 5.92 Å². The number of ether oxygens (including phenoxy) is 2. The van der Waals surface area contributed by atoms with E-state index in [1.807, 2.05) is 12.1 Å². The smallest absolute Gasteiger partial charge is 0.261 e. The first-order valence-electron chi connectivity index (χ1n) is 10.5. The molecule has 4 nitrogen and oxygen atoms in total. The van der Waals surface area contributed by atoms with Crippen molar-refractivity contribution in [2.45, 2.75) is 51.0 Å². The average molecular weight is 411 g/mol. The molecule has 2 aliphatic rings. The number of rotatable bonds is 5. The third-order valence-electron chi connectivity index (χ3n) is 6.11.